The zero-order chi connectivity index (χ0) is 17.1. The Kier molecular flexibility index (Phi) is 4.73. The Labute approximate surface area is 150 Å². The molecule has 0 unspecified atom stereocenters. The fraction of sp³-hybridized carbons (Fsp3) is 0.150. The number of aryl methyl sites for hydroxylation is 1. The molecule has 2 N–H and O–H groups in total. The van der Waals surface area contributed by atoms with Gasteiger partial charge in [-0.15, -0.1) is 0 Å². The quantitative estimate of drug-likeness (QED) is 0.716. The topological polar surface area (TPSA) is 54.7 Å². The summed E-state index contributed by atoms with van der Waals surface area (Å²) in [4.78, 5) is 0. The van der Waals surface area contributed by atoms with E-state index in [1.807, 2.05) is 16.7 Å². The van der Waals surface area contributed by atoms with Crippen LogP contribution in [-0.4, -0.2) is 4.57 Å². The molecule has 0 atom stereocenters. The van der Waals surface area contributed by atoms with Crippen LogP contribution >= 0.6 is 15.9 Å². The van der Waals surface area contributed by atoms with Crippen molar-refractivity contribution in [2.24, 2.45) is 0 Å². The summed E-state index contributed by atoms with van der Waals surface area (Å²) in [6.07, 6.45) is 0.713. The molecular weight excluding hydrogens is 362 g/mol. The lowest BCUT2D eigenvalue weighted by atomic mass is 10.1. The summed E-state index contributed by atoms with van der Waals surface area (Å²) in [5.41, 5.74) is 12.0. The number of halogens is 1. The summed E-state index contributed by atoms with van der Waals surface area (Å²) in [6.45, 7) is 2.71. The van der Waals surface area contributed by atoms with Crippen molar-refractivity contribution >= 4 is 21.6 Å². The Balaban J connectivity index is 1.96. The van der Waals surface area contributed by atoms with Crippen LogP contribution in [0.2, 0.25) is 0 Å². The zero-order valence-electron chi connectivity index (χ0n) is 13.5. The second-order valence-electron chi connectivity index (χ2n) is 5.92. The summed E-state index contributed by atoms with van der Waals surface area (Å²) in [7, 11) is 0. The van der Waals surface area contributed by atoms with Crippen LogP contribution in [0.15, 0.2) is 59.1 Å². The number of hydrogen-bond donors (Lipinski definition) is 1. The van der Waals surface area contributed by atoms with Crippen molar-refractivity contribution in [3.8, 4) is 6.07 Å². The van der Waals surface area contributed by atoms with Crippen molar-refractivity contribution in [2.45, 2.75) is 19.9 Å². The van der Waals surface area contributed by atoms with Gasteiger partial charge in [-0.25, -0.2) is 0 Å². The van der Waals surface area contributed by atoms with Crippen LogP contribution in [0.3, 0.4) is 0 Å². The van der Waals surface area contributed by atoms with E-state index in [1.165, 1.54) is 11.1 Å². The molecular formula is C20H18BrN3. The minimum atomic E-state index is 0.595. The highest BCUT2D eigenvalue weighted by Gasteiger charge is 2.14. The van der Waals surface area contributed by atoms with Crippen LogP contribution in [0.5, 0.6) is 0 Å². The van der Waals surface area contributed by atoms with E-state index in [9.17, 15) is 5.26 Å². The number of rotatable bonds is 4. The van der Waals surface area contributed by atoms with Gasteiger partial charge in [-0.3, -0.25) is 0 Å². The molecule has 0 bridgehead atoms. The van der Waals surface area contributed by atoms with E-state index in [1.54, 1.807) is 6.07 Å². The molecule has 0 saturated heterocycles. The molecule has 0 radical (unpaired) electrons. The van der Waals surface area contributed by atoms with Crippen LogP contribution < -0.4 is 5.73 Å². The highest BCUT2D eigenvalue weighted by atomic mass is 79.9. The van der Waals surface area contributed by atoms with Gasteiger partial charge < -0.3 is 10.3 Å². The minimum Gasteiger partial charge on any atom is -0.397 e. The van der Waals surface area contributed by atoms with Crippen molar-refractivity contribution in [3.63, 3.8) is 0 Å². The second kappa shape index (κ2) is 6.94. The van der Waals surface area contributed by atoms with E-state index in [0.29, 0.717) is 24.3 Å². The van der Waals surface area contributed by atoms with Crippen molar-refractivity contribution in [2.75, 3.05) is 5.73 Å². The van der Waals surface area contributed by atoms with E-state index >= 15 is 0 Å². The van der Waals surface area contributed by atoms with E-state index in [2.05, 4.69) is 65.3 Å². The number of benzene rings is 2. The molecule has 0 fully saturated rings. The van der Waals surface area contributed by atoms with Gasteiger partial charge >= 0.3 is 0 Å². The van der Waals surface area contributed by atoms with E-state index in [4.69, 9.17) is 5.73 Å². The predicted octanol–water partition coefficient (Wildman–Crippen LogP) is 4.65. The highest BCUT2D eigenvalue weighted by Crippen LogP contribution is 2.23. The standard InChI is InChI=1S/C20H18BrN3/c1-14-2-4-15(5-3-14)10-20-19(23)11-18(12-22)24(20)13-16-6-8-17(21)9-7-16/h2-9,11H,10,13,23H2,1H3. The molecule has 0 aliphatic heterocycles. The van der Waals surface area contributed by atoms with Crippen molar-refractivity contribution in [1.82, 2.24) is 4.57 Å². The number of anilines is 1. The first-order valence-corrected chi connectivity index (χ1v) is 8.54. The average molecular weight is 380 g/mol. The van der Waals surface area contributed by atoms with Crippen LogP contribution in [0.1, 0.15) is 28.1 Å². The van der Waals surface area contributed by atoms with Crippen molar-refractivity contribution in [3.05, 3.63) is 87.1 Å². The van der Waals surface area contributed by atoms with Gasteiger partial charge in [-0.1, -0.05) is 57.9 Å². The largest absolute Gasteiger partial charge is 0.397 e. The maximum atomic E-state index is 9.45. The number of aromatic nitrogens is 1. The SMILES string of the molecule is Cc1ccc(Cc2c(N)cc(C#N)n2Cc2ccc(Br)cc2)cc1. The van der Waals surface area contributed by atoms with Crippen LogP contribution in [-0.2, 0) is 13.0 Å². The number of nitriles is 1. The monoisotopic (exact) mass is 379 g/mol. The lowest BCUT2D eigenvalue weighted by Gasteiger charge is -2.12. The maximum Gasteiger partial charge on any atom is 0.122 e. The fourth-order valence-corrected chi connectivity index (χ4v) is 3.02. The predicted molar refractivity (Wildman–Crippen MR) is 101 cm³/mol. The Morgan fingerprint density at radius 2 is 1.67 bits per heavy atom. The molecule has 0 saturated carbocycles. The average Bonchev–Trinajstić information content (AvgIpc) is 2.87. The number of nitrogens with two attached hydrogens (primary N) is 1. The molecule has 120 valence electrons. The van der Waals surface area contributed by atoms with E-state index in [-0.39, 0.29) is 0 Å². The molecule has 2 aromatic carbocycles. The Bertz CT molecular complexity index is 884. The lowest BCUT2D eigenvalue weighted by Crippen LogP contribution is -2.08. The molecule has 0 amide bonds. The minimum absolute atomic E-state index is 0.595. The second-order valence-corrected chi connectivity index (χ2v) is 6.83. The van der Waals surface area contributed by atoms with Gasteiger partial charge in [0.05, 0.1) is 5.69 Å². The van der Waals surface area contributed by atoms with Gasteiger partial charge in [0, 0.05) is 23.1 Å². The summed E-state index contributed by atoms with van der Waals surface area (Å²) in [6, 6.07) is 20.6. The number of hydrogen-bond acceptors (Lipinski definition) is 2. The first-order chi connectivity index (χ1) is 11.6. The molecule has 1 aromatic heterocycles. The lowest BCUT2D eigenvalue weighted by molar-refractivity contribution is 0.749. The van der Waals surface area contributed by atoms with E-state index < -0.39 is 0 Å². The third kappa shape index (κ3) is 3.52. The van der Waals surface area contributed by atoms with Crippen molar-refractivity contribution < 1.29 is 0 Å². The van der Waals surface area contributed by atoms with Crippen LogP contribution in [0.4, 0.5) is 5.69 Å². The Hall–Kier alpha value is -2.51. The smallest absolute Gasteiger partial charge is 0.122 e. The molecule has 3 rings (SSSR count). The Morgan fingerprint density at radius 3 is 2.29 bits per heavy atom. The molecule has 3 nitrogen and oxygen atoms in total. The van der Waals surface area contributed by atoms with Gasteiger partial charge in [0.1, 0.15) is 11.8 Å². The van der Waals surface area contributed by atoms with Crippen LogP contribution in [0.25, 0.3) is 0 Å². The van der Waals surface area contributed by atoms with Gasteiger partial charge in [-0.05, 0) is 36.2 Å². The summed E-state index contributed by atoms with van der Waals surface area (Å²) >= 11 is 3.45. The van der Waals surface area contributed by atoms with Gasteiger partial charge in [0.25, 0.3) is 0 Å². The first-order valence-electron chi connectivity index (χ1n) is 7.75. The number of nitrogen functional groups attached to an aromatic ring is 1. The van der Waals surface area contributed by atoms with Crippen LogP contribution in [0, 0.1) is 18.3 Å². The normalized spacial score (nSPS) is 10.5. The maximum absolute atomic E-state index is 9.45. The number of nitrogens with zero attached hydrogens (tertiary/aromatic N) is 2. The van der Waals surface area contributed by atoms with Gasteiger partial charge in [0.2, 0.25) is 0 Å². The molecule has 0 aliphatic rings. The highest BCUT2D eigenvalue weighted by molar-refractivity contribution is 9.10. The molecule has 24 heavy (non-hydrogen) atoms. The van der Waals surface area contributed by atoms with Gasteiger partial charge in [0.15, 0.2) is 0 Å². The van der Waals surface area contributed by atoms with Gasteiger partial charge in [-0.2, -0.15) is 5.26 Å². The molecule has 4 heteroatoms. The summed E-state index contributed by atoms with van der Waals surface area (Å²) in [5, 5.41) is 9.45. The molecule has 1 heterocycles. The Morgan fingerprint density at radius 1 is 1.04 bits per heavy atom. The van der Waals surface area contributed by atoms with E-state index in [0.717, 1.165) is 15.7 Å². The summed E-state index contributed by atoms with van der Waals surface area (Å²) < 4.78 is 3.05. The zero-order valence-corrected chi connectivity index (χ0v) is 15.0. The summed E-state index contributed by atoms with van der Waals surface area (Å²) in [5.74, 6) is 0. The molecule has 0 aliphatic carbocycles. The first kappa shape index (κ1) is 16.4. The third-order valence-corrected chi connectivity index (χ3v) is 4.63. The third-order valence-electron chi connectivity index (χ3n) is 4.10. The molecule has 0 spiro atoms. The fourth-order valence-electron chi connectivity index (χ4n) is 2.75. The molecule has 3 aromatic rings. The van der Waals surface area contributed by atoms with Crippen molar-refractivity contribution in [1.29, 1.82) is 5.26 Å².